The first-order chi connectivity index (χ1) is 8.04. The van der Waals surface area contributed by atoms with Gasteiger partial charge in [-0.2, -0.15) is 0 Å². The van der Waals surface area contributed by atoms with Crippen molar-refractivity contribution >= 4 is 0 Å². The number of benzene rings is 1. The van der Waals surface area contributed by atoms with Crippen LogP contribution in [0.3, 0.4) is 0 Å². The van der Waals surface area contributed by atoms with E-state index in [1.54, 1.807) is 0 Å². The summed E-state index contributed by atoms with van der Waals surface area (Å²) in [5.41, 5.74) is 2.84. The van der Waals surface area contributed by atoms with Crippen molar-refractivity contribution < 1.29 is 4.74 Å². The molecule has 2 heteroatoms. The Morgan fingerprint density at radius 1 is 1.12 bits per heavy atom. The van der Waals surface area contributed by atoms with E-state index in [2.05, 4.69) is 57.3 Å². The molecule has 1 aromatic rings. The molecule has 0 saturated heterocycles. The third-order valence-electron chi connectivity index (χ3n) is 2.76. The Balaban J connectivity index is 2.36. The molecule has 0 amide bonds. The van der Waals surface area contributed by atoms with Crippen LogP contribution in [-0.4, -0.2) is 19.7 Å². The highest BCUT2D eigenvalue weighted by atomic mass is 16.5. The van der Waals surface area contributed by atoms with Crippen LogP contribution >= 0.6 is 0 Å². The van der Waals surface area contributed by atoms with E-state index in [1.807, 2.05) is 0 Å². The fraction of sp³-hybridized carbons (Fsp3) is 0.600. The maximum absolute atomic E-state index is 5.58. The molecule has 0 aromatic heterocycles. The molecule has 0 aliphatic rings. The average Bonchev–Trinajstić information content (AvgIpc) is 2.28. The molecule has 0 saturated carbocycles. The number of nitrogens with one attached hydrogen (secondary N) is 1. The van der Waals surface area contributed by atoms with Gasteiger partial charge in [0.25, 0.3) is 0 Å². The van der Waals surface area contributed by atoms with Crippen LogP contribution in [0, 0.1) is 0 Å². The van der Waals surface area contributed by atoms with Crippen molar-refractivity contribution in [1.82, 2.24) is 5.32 Å². The Bertz CT molecular complexity index is 311. The third-order valence-corrected chi connectivity index (χ3v) is 2.76. The van der Waals surface area contributed by atoms with Gasteiger partial charge in [0.1, 0.15) is 0 Å². The number of hydrogen-bond donors (Lipinski definition) is 1. The molecule has 0 spiro atoms. The summed E-state index contributed by atoms with van der Waals surface area (Å²) in [4.78, 5) is 0. The van der Waals surface area contributed by atoms with Crippen molar-refractivity contribution in [2.24, 2.45) is 0 Å². The smallest absolute Gasteiger partial charge is 0.0717 e. The fourth-order valence-electron chi connectivity index (χ4n) is 1.61. The van der Waals surface area contributed by atoms with Gasteiger partial charge in [-0.05, 0) is 23.1 Å². The third kappa shape index (κ3) is 5.33. The fourth-order valence-corrected chi connectivity index (χ4v) is 1.61. The summed E-state index contributed by atoms with van der Waals surface area (Å²) >= 11 is 0. The summed E-state index contributed by atoms with van der Waals surface area (Å²) < 4.78 is 5.58. The molecular formula is C15H25NO. The van der Waals surface area contributed by atoms with E-state index < -0.39 is 0 Å². The maximum Gasteiger partial charge on any atom is 0.0717 e. The molecule has 0 unspecified atom stereocenters. The van der Waals surface area contributed by atoms with Crippen molar-refractivity contribution in [3.05, 3.63) is 35.4 Å². The van der Waals surface area contributed by atoms with Gasteiger partial charge < -0.3 is 10.1 Å². The van der Waals surface area contributed by atoms with Gasteiger partial charge >= 0.3 is 0 Å². The molecule has 0 aliphatic carbocycles. The summed E-state index contributed by atoms with van der Waals surface area (Å²) in [6.07, 6.45) is 0. The Morgan fingerprint density at radius 3 is 2.29 bits per heavy atom. The SMILES string of the molecule is CCNCCOCc1ccc(C(C)(C)C)cc1. The van der Waals surface area contributed by atoms with E-state index in [4.69, 9.17) is 4.74 Å². The normalized spacial score (nSPS) is 11.8. The molecule has 2 nitrogen and oxygen atoms in total. The van der Waals surface area contributed by atoms with Gasteiger partial charge in [0, 0.05) is 6.54 Å². The molecule has 96 valence electrons. The largest absolute Gasteiger partial charge is 0.375 e. The predicted octanol–water partition coefficient (Wildman–Crippen LogP) is 3.11. The van der Waals surface area contributed by atoms with E-state index in [0.717, 1.165) is 19.7 Å². The second kappa shape index (κ2) is 6.77. The standard InChI is InChI=1S/C15H25NO/c1-5-16-10-11-17-12-13-6-8-14(9-7-13)15(2,3)4/h6-9,16H,5,10-12H2,1-4H3. The minimum atomic E-state index is 0.227. The first-order valence-electron chi connectivity index (χ1n) is 6.42. The van der Waals surface area contributed by atoms with Gasteiger partial charge in [-0.25, -0.2) is 0 Å². The lowest BCUT2D eigenvalue weighted by atomic mass is 9.87. The monoisotopic (exact) mass is 235 g/mol. The van der Waals surface area contributed by atoms with Crippen LogP contribution in [-0.2, 0) is 16.8 Å². The summed E-state index contributed by atoms with van der Waals surface area (Å²) in [5.74, 6) is 0. The van der Waals surface area contributed by atoms with Crippen LogP contribution in [0.4, 0.5) is 0 Å². The zero-order valence-corrected chi connectivity index (χ0v) is 11.5. The molecule has 0 atom stereocenters. The van der Waals surface area contributed by atoms with Gasteiger partial charge in [0.05, 0.1) is 13.2 Å². The highest BCUT2D eigenvalue weighted by molar-refractivity contribution is 5.27. The van der Waals surface area contributed by atoms with Crippen LogP contribution in [0.2, 0.25) is 0 Å². The van der Waals surface area contributed by atoms with Gasteiger partial charge in [-0.1, -0.05) is 52.0 Å². The Morgan fingerprint density at radius 2 is 1.76 bits per heavy atom. The van der Waals surface area contributed by atoms with E-state index in [0.29, 0.717) is 6.61 Å². The zero-order chi connectivity index (χ0) is 12.7. The summed E-state index contributed by atoms with van der Waals surface area (Å²) in [7, 11) is 0. The lowest BCUT2D eigenvalue weighted by Gasteiger charge is -2.19. The first kappa shape index (κ1) is 14.2. The number of rotatable bonds is 6. The highest BCUT2D eigenvalue weighted by Gasteiger charge is 2.12. The van der Waals surface area contributed by atoms with E-state index in [-0.39, 0.29) is 5.41 Å². The van der Waals surface area contributed by atoms with Crippen LogP contribution < -0.4 is 5.32 Å². The van der Waals surface area contributed by atoms with Gasteiger partial charge in [0.15, 0.2) is 0 Å². The Hall–Kier alpha value is -0.860. The molecular weight excluding hydrogens is 210 g/mol. The lowest BCUT2D eigenvalue weighted by Crippen LogP contribution is -2.18. The van der Waals surface area contributed by atoms with Crippen molar-refractivity contribution in [3.63, 3.8) is 0 Å². The molecule has 17 heavy (non-hydrogen) atoms. The van der Waals surface area contributed by atoms with Crippen molar-refractivity contribution in [3.8, 4) is 0 Å². The second-order valence-corrected chi connectivity index (χ2v) is 5.35. The Labute approximate surface area is 105 Å². The first-order valence-corrected chi connectivity index (χ1v) is 6.42. The molecule has 1 N–H and O–H groups in total. The molecule has 1 aromatic carbocycles. The van der Waals surface area contributed by atoms with Crippen LogP contribution in [0.5, 0.6) is 0 Å². The molecule has 1 rings (SSSR count). The van der Waals surface area contributed by atoms with Crippen molar-refractivity contribution in [2.75, 3.05) is 19.7 Å². The maximum atomic E-state index is 5.58. The van der Waals surface area contributed by atoms with Gasteiger partial charge in [-0.3, -0.25) is 0 Å². The van der Waals surface area contributed by atoms with E-state index in [9.17, 15) is 0 Å². The second-order valence-electron chi connectivity index (χ2n) is 5.35. The summed E-state index contributed by atoms with van der Waals surface area (Å²) in [6.45, 7) is 12.2. The molecule has 0 aliphatic heterocycles. The van der Waals surface area contributed by atoms with Crippen LogP contribution in [0.1, 0.15) is 38.8 Å². The minimum Gasteiger partial charge on any atom is -0.375 e. The molecule has 0 fully saturated rings. The van der Waals surface area contributed by atoms with Gasteiger partial charge in [-0.15, -0.1) is 0 Å². The number of hydrogen-bond acceptors (Lipinski definition) is 2. The molecule has 0 bridgehead atoms. The zero-order valence-electron chi connectivity index (χ0n) is 11.5. The Kier molecular flexibility index (Phi) is 5.66. The highest BCUT2D eigenvalue weighted by Crippen LogP contribution is 2.22. The van der Waals surface area contributed by atoms with Crippen molar-refractivity contribution in [2.45, 2.75) is 39.7 Å². The minimum absolute atomic E-state index is 0.227. The van der Waals surface area contributed by atoms with E-state index >= 15 is 0 Å². The summed E-state index contributed by atoms with van der Waals surface area (Å²) in [5, 5.41) is 3.24. The van der Waals surface area contributed by atoms with Gasteiger partial charge in [0.2, 0.25) is 0 Å². The number of likely N-dealkylation sites (N-methyl/N-ethyl adjacent to an activating group) is 1. The number of ether oxygens (including phenoxy) is 1. The van der Waals surface area contributed by atoms with Crippen LogP contribution in [0.15, 0.2) is 24.3 Å². The average molecular weight is 235 g/mol. The summed E-state index contributed by atoms with van der Waals surface area (Å²) in [6, 6.07) is 8.72. The van der Waals surface area contributed by atoms with E-state index in [1.165, 1.54) is 11.1 Å². The van der Waals surface area contributed by atoms with Crippen molar-refractivity contribution in [1.29, 1.82) is 0 Å². The lowest BCUT2D eigenvalue weighted by molar-refractivity contribution is 0.123. The van der Waals surface area contributed by atoms with Crippen LogP contribution in [0.25, 0.3) is 0 Å². The quantitative estimate of drug-likeness (QED) is 0.765. The molecule has 0 radical (unpaired) electrons. The molecule has 0 heterocycles. The predicted molar refractivity (Wildman–Crippen MR) is 73.3 cm³/mol. The topological polar surface area (TPSA) is 21.3 Å².